The molecule has 0 aromatic heterocycles. The molecule has 1 unspecified atom stereocenters. The number of carboxylic acid groups (broad SMARTS) is 1. The first-order chi connectivity index (χ1) is 9.84. The van der Waals surface area contributed by atoms with Crippen LogP contribution in [0.5, 0.6) is 0 Å². The minimum Gasteiger partial charge on any atom is -0.480 e. The van der Waals surface area contributed by atoms with E-state index in [9.17, 15) is 14.7 Å². The summed E-state index contributed by atoms with van der Waals surface area (Å²) in [6, 6.07) is 7.38. The van der Waals surface area contributed by atoms with Gasteiger partial charge < -0.3 is 14.7 Å². The molecule has 0 aliphatic carbocycles. The van der Waals surface area contributed by atoms with E-state index in [1.54, 1.807) is 6.07 Å². The second kappa shape index (κ2) is 5.85. The van der Waals surface area contributed by atoms with Crippen LogP contribution >= 0.6 is 0 Å². The number of likely N-dealkylation sites (N-methyl/N-ethyl adjacent to an activating group) is 1. The number of amides is 1. The molecule has 1 aliphatic rings. The Morgan fingerprint density at radius 3 is 2.67 bits per heavy atom. The number of nitrogens with zero attached hydrogens (tertiary/aromatic N) is 1. The first kappa shape index (κ1) is 15.5. The molecule has 114 valence electrons. The van der Waals surface area contributed by atoms with Crippen LogP contribution in [0.25, 0.3) is 0 Å². The maximum absolute atomic E-state index is 12.5. The van der Waals surface area contributed by atoms with Gasteiger partial charge in [0.1, 0.15) is 5.54 Å². The Kier molecular flexibility index (Phi) is 4.32. The van der Waals surface area contributed by atoms with Crippen molar-refractivity contribution in [1.29, 1.82) is 0 Å². The minimum absolute atomic E-state index is 0.289. The normalized spacial score (nSPS) is 18.5. The SMILES string of the molecule is CN(C(=O)c1cccc(C2CCOC2)c1)C(C)(C)C(=O)O. The van der Waals surface area contributed by atoms with Crippen LogP contribution in [-0.4, -0.2) is 47.7 Å². The molecule has 1 fully saturated rings. The highest BCUT2D eigenvalue weighted by molar-refractivity contribution is 5.97. The molecule has 21 heavy (non-hydrogen) atoms. The fourth-order valence-corrected chi connectivity index (χ4v) is 2.31. The van der Waals surface area contributed by atoms with Crippen molar-refractivity contribution >= 4 is 11.9 Å². The average Bonchev–Trinajstić information content (AvgIpc) is 2.99. The van der Waals surface area contributed by atoms with Gasteiger partial charge in [0, 0.05) is 25.1 Å². The molecule has 0 bridgehead atoms. The Labute approximate surface area is 124 Å². The zero-order valence-electron chi connectivity index (χ0n) is 12.6. The summed E-state index contributed by atoms with van der Waals surface area (Å²) < 4.78 is 5.37. The number of carbonyl (C=O) groups excluding carboxylic acids is 1. The van der Waals surface area contributed by atoms with Gasteiger partial charge in [-0.1, -0.05) is 12.1 Å². The van der Waals surface area contributed by atoms with Crippen LogP contribution in [0.2, 0.25) is 0 Å². The molecule has 0 spiro atoms. The van der Waals surface area contributed by atoms with Gasteiger partial charge in [-0.15, -0.1) is 0 Å². The van der Waals surface area contributed by atoms with Gasteiger partial charge in [0.25, 0.3) is 5.91 Å². The van der Waals surface area contributed by atoms with Crippen molar-refractivity contribution in [1.82, 2.24) is 4.90 Å². The minimum atomic E-state index is -1.25. The molecular weight excluding hydrogens is 270 g/mol. The van der Waals surface area contributed by atoms with Gasteiger partial charge in [0.15, 0.2) is 0 Å². The van der Waals surface area contributed by atoms with Gasteiger partial charge in [0.2, 0.25) is 0 Å². The van der Waals surface area contributed by atoms with Crippen LogP contribution in [0.15, 0.2) is 24.3 Å². The topological polar surface area (TPSA) is 66.8 Å². The third-order valence-electron chi connectivity index (χ3n) is 4.20. The predicted octanol–water partition coefficient (Wildman–Crippen LogP) is 2.13. The molecule has 2 rings (SSSR count). The Morgan fingerprint density at radius 2 is 2.10 bits per heavy atom. The van der Waals surface area contributed by atoms with Crippen LogP contribution in [0.4, 0.5) is 0 Å². The Balaban J connectivity index is 2.23. The van der Waals surface area contributed by atoms with Crippen molar-refractivity contribution in [2.24, 2.45) is 0 Å². The fourth-order valence-electron chi connectivity index (χ4n) is 2.31. The van der Waals surface area contributed by atoms with Crippen LogP contribution in [-0.2, 0) is 9.53 Å². The Hall–Kier alpha value is -1.88. The summed E-state index contributed by atoms with van der Waals surface area (Å²) >= 11 is 0. The van der Waals surface area contributed by atoms with E-state index in [-0.39, 0.29) is 5.91 Å². The van der Waals surface area contributed by atoms with E-state index < -0.39 is 11.5 Å². The number of rotatable bonds is 4. The predicted molar refractivity (Wildman–Crippen MR) is 78.4 cm³/mol. The Morgan fingerprint density at radius 1 is 1.38 bits per heavy atom. The highest BCUT2D eigenvalue weighted by Gasteiger charge is 2.35. The van der Waals surface area contributed by atoms with E-state index in [0.29, 0.717) is 18.1 Å². The lowest BCUT2D eigenvalue weighted by Gasteiger charge is -2.31. The maximum Gasteiger partial charge on any atom is 0.329 e. The van der Waals surface area contributed by atoms with E-state index in [0.717, 1.165) is 18.6 Å². The second-order valence-corrected chi connectivity index (χ2v) is 5.91. The van der Waals surface area contributed by atoms with Crippen LogP contribution in [0, 0.1) is 0 Å². The molecule has 0 saturated carbocycles. The van der Waals surface area contributed by atoms with E-state index >= 15 is 0 Å². The van der Waals surface area contributed by atoms with Gasteiger partial charge in [0.05, 0.1) is 6.61 Å². The van der Waals surface area contributed by atoms with Gasteiger partial charge in [-0.3, -0.25) is 4.79 Å². The van der Waals surface area contributed by atoms with Gasteiger partial charge in [-0.25, -0.2) is 4.79 Å². The summed E-state index contributed by atoms with van der Waals surface area (Å²) in [7, 11) is 1.52. The average molecular weight is 291 g/mol. The molecule has 5 nitrogen and oxygen atoms in total. The number of aliphatic carboxylic acids is 1. The van der Waals surface area contributed by atoms with Crippen molar-refractivity contribution in [3.8, 4) is 0 Å². The van der Waals surface area contributed by atoms with Crippen molar-refractivity contribution in [3.05, 3.63) is 35.4 Å². The number of hydrogen-bond acceptors (Lipinski definition) is 3. The molecule has 5 heteroatoms. The summed E-state index contributed by atoms with van der Waals surface area (Å²) in [5, 5.41) is 9.22. The van der Waals surface area contributed by atoms with Gasteiger partial charge >= 0.3 is 5.97 Å². The molecule has 1 aromatic rings. The third kappa shape index (κ3) is 3.08. The second-order valence-electron chi connectivity index (χ2n) is 5.91. The smallest absolute Gasteiger partial charge is 0.329 e. The van der Waals surface area contributed by atoms with Gasteiger partial charge in [-0.2, -0.15) is 0 Å². The molecule has 1 atom stereocenters. The first-order valence-corrected chi connectivity index (χ1v) is 7.03. The van der Waals surface area contributed by atoms with E-state index in [2.05, 4.69) is 0 Å². The van der Waals surface area contributed by atoms with E-state index in [4.69, 9.17) is 4.74 Å². The zero-order valence-corrected chi connectivity index (χ0v) is 12.6. The number of hydrogen-bond donors (Lipinski definition) is 1. The van der Waals surface area contributed by atoms with Crippen molar-refractivity contribution < 1.29 is 19.4 Å². The lowest BCUT2D eigenvalue weighted by Crippen LogP contribution is -2.50. The summed E-state index contributed by atoms with van der Waals surface area (Å²) in [4.78, 5) is 25.0. The zero-order chi connectivity index (χ0) is 15.6. The van der Waals surface area contributed by atoms with E-state index in [1.165, 1.54) is 25.8 Å². The molecular formula is C16H21NO4. The lowest BCUT2D eigenvalue weighted by molar-refractivity contribution is -0.147. The molecule has 0 radical (unpaired) electrons. The highest BCUT2D eigenvalue weighted by Crippen LogP contribution is 2.26. The number of benzene rings is 1. The van der Waals surface area contributed by atoms with Crippen LogP contribution < -0.4 is 0 Å². The molecule has 1 aromatic carbocycles. The summed E-state index contributed by atoms with van der Waals surface area (Å²) in [5.41, 5.74) is 0.333. The summed E-state index contributed by atoms with van der Waals surface area (Å²) in [6.45, 7) is 4.45. The molecule has 1 N–H and O–H groups in total. The molecule has 1 heterocycles. The molecule has 1 aliphatic heterocycles. The summed E-state index contributed by atoms with van der Waals surface area (Å²) in [6.07, 6.45) is 0.952. The quantitative estimate of drug-likeness (QED) is 0.922. The van der Waals surface area contributed by atoms with Crippen LogP contribution in [0.1, 0.15) is 42.1 Å². The standard InChI is InChI=1S/C16H21NO4/c1-16(2,15(19)20)17(3)14(18)12-6-4-5-11(9-12)13-7-8-21-10-13/h4-6,9,13H,7-8,10H2,1-3H3,(H,19,20). The number of carbonyl (C=O) groups is 2. The van der Waals surface area contributed by atoms with E-state index in [1.807, 2.05) is 18.2 Å². The highest BCUT2D eigenvalue weighted by atomic mass is 16.5. The molecule has 1 amide bonds. The number of ether oxygens (including phenoxy) is 1. The summed E-state index contributed by atoms with van der Waals surface area (Å²) in [5.74, 6) is -1.00. The van der Waals surface area contributed by atoms with Crippen molar-refractivity contribution in [3.63, 3.8) is 0 Å². The van der Waals surface area contributed by atoms with Crippen LogP contribution in [0.3, 0.4) is 0 Å². The van der Waals surface area contributed by atoms with Gasteiger partial charge in [-0.05, 0) is 38.0 Å². The lowest BCUT2D eigenvalue weighted by atomic mass is 9.95. The monoisotopic (exact) mass is 291 g/mol. The number of carboxylic acids is 1. The Bertz CT molecular complexity index is 547. The maximum atomic E-state index is 12.5. The molecule has 1 saturated heterocycles. The van der Waals surface area contributed by atoms with Crippen molar-refractivity contribution in [2.45, 2.75) is 31.7 Å². The first-order valence-electron chi connectivity index (χ1n) is 7.03. The van der Waals surface area contributed by atoms with Crippen molar-refractivity contribution in [2.75, 3.05) is 20.3 Å². The fraction of sp³-hybridized carbons (Fsp3) is 0.500. The largest absolute Gasteiger partial charge is 0.480 e. The third-order valence-corrected chi connectivity index (χ3v) is 4.20.